The summed E-state index contributed by atoms with van der Waals surface area (Å²) in [4.78, 5) is 14.8. The first-order valence-electron chi connectivity index (χ1n) is 11.5. The van der Waals surface area contributed by atoms with Crippen LogP contribution in [0.2, 0.25) is 0 Å². The Balaban J connectivity index is 1.83. The van der Waals surface area contributed by atoms with Crippen LogP contribution in [-0.4, -0.2) is 52.8 Å². The van der Waals surface area contributed by atoms with Crippen molar-refractivity contribution in [2.75, 3.05) is 19.6 Å². The average Bonchev–Trinajstić information content (AvgIpc) is 2.74. The number of carbonyl (C=O) groups excluding carboxylic acids is 1. The van der Waals surface area contributed by atoms with Gasteiger partial charge in [-0.2, -0.15) is 0 Å². The highest BCUT2D eigenvalue weighted by molar-refractivity contribution is 5.76. The van der Waals surface area contributed by atoms with Gasteiger partial charge in [-0.15, -0.1) is 0 Å². The van der Waals surface area contributed by atoms with E-state index in [1.54, 1.807) is 0 Å². The molecule has 0 aliphatic carbocycles. The van der Waals surface area contributed by atoms with E-state index in [0.717, 1.165) is 44.3 Å². The van der Waals surface area contributed by atoms with Crippen molar-refractivity contribution in [3.05, 3.63) is 35.9 Å². The van der Waals surface area contributed by atoms with Crippen LogP contribution in [0, 0.1) is 0 Å². The van der Waals surface area contributed by atoms with Crippen LogP contribution in [0.1, 0.15) is 82.8 Å². The van der Waals surface area contributed by atoms with Gasteiger partial charge < -0.3 is 20.4 Å². The smallest absolute Gasteiger partial charge is 0.220 e. The minimum absolute atomic E-state index is 0.0237. The van der Waals surface area contributed by atoms with Gasteiger partial charge in [-0.1, -0.05) is 75.8 Å². The first-order valence-corrected chi connectivity index (χ1v) is 11.5. The molecular formula is C24H40N2O3. The Morgan fingerprint density at radius 2 is 1.69 bits per heavy atom. The number of aliphatic hydroxyl groups is 2. The average molecular weight is 405 g/mol. The molecule has 164 valence electrons. The summed E-state index contributed by atoms with van der Waals surface area (Å²) < 4.78 is 0. The van der Waals surface area contributed by atoms with Crippen LogP contribution in [0.25, 0.3) is 0 Å². The molecule has 1 fully saturated rings. The number of likely N-dealkylation sites (tertiary alicyclic amines) is 1. The monoisotopic (exact) mass is 404 g/mol. The fourth-order valence-corrected chi connectivity index (χ4v) is 4.01. The van der Waals surface area contributed by atoms with Crippen molar-refractivity contribution in [1.82, 2.24) is 10.2 Å². The third-order valence-electron chi connectivity index (χ3n) is 5.89. The van der Waals surface area contributed by atoms with Gasteiger partial charge in [-0.3, -0.25) is 4.79 Å². The number of hydrogen-bond donors (Lipinski definition) is 3. The number of rotatable bonds is 13. The number of aliphatic hydroxyl groups excluding tert-OH is 2. The van der Waals surface area contributed by atoms with Gasteiger partial charge in [0, 0.05) is 26.1 Å². The predicted molar refractivity (Wildman–Crippen MR) is 118 cm³/mol. The largest absolute Gasteiger partial charge is 0.393 e. The first-order chi connectivity index (χ1) is 14.1. The molecule has 5 heteroatoms. The van der Waals surface area contributed by atoms with Gasteiger partial charge in [0.1, 0.15) is 6.10 Å². The van der Waals surface area contributed by atoms with Gasteiger partial charge >= 0.3 is 0 Å². The molecule has 1 amide bonds. The second-order valence-corrected chi connectivity index (χ2v) is 8.43. The Bertz CT molecular complexity index is 559. The predicted octanol–water partition coefficient (Wildman–Crippen LogP) is 3.80. The highest BCUT2D eigenvalue weighted by Crippen LogP contribution is 2.20. The normalized spacial score (nSPS) is 17.8. The molecule has 0 bridgehead atoms. The van der Waals surface area contributed by atoms with E-state index in [9.17, 15) is 15.0 Å². The Hall–Kier alpha value is -1.43. The molecule has 1 aromatic rings. The first kappa shape index (κ1) is 23.8. The molecule has 1 aliphatic heterocycles. The van der Waals surface area contributed by atoms with Crippen LogP contribution in [0.3, 0.4) is 0 Å². The van der Waals surface area contributed by atoms with Gasteiger partial charge in [0.15, 0.2) is 0 Å². The number of nitrogens with one attached hydrogen (secondary N) is 1. The van der Waals surface area contributed by atoms with Crippen molar-refractivity contribution in [2.24, 2.45) is 0 Å². The van der Waals surface area contributed by atoms with E-state index in [1.807, 2.05) is 30.3 Å². The molecule has 3 N–H and O–H groups in total. The van der Waals surface area contributed by atoms with E-state index in [-0.39, 0.29) is 18.1 Å². The standard InChI is InChI=1S/C24H40N2O3/c1-2-3-4-5-6-7-11-14-23(28)25-22(19-26-17-15-21(27)16-18-26)24(29)20-12-9-8-10-13-20/h8-10,12-13,21-22,24,27,29H,2-7,11,14-19H2,1H3,(H,25,28)/t22-,24+/m0/s1. The Morgan fingerprint density at radius 3 is 2.34 bits per heavy atom. The summed E-state index contributed by atoms with van der Waals surface area (Å²) in [7, 11) is 0. The summed E-state index contributed by atoms with van der Waals surface area (Å²) in [6, 6.07) is 9.21. The summed E-state index contributed by atoms with van der Waals surface area (Å²) in [6.07, 6.45) is 9.34. The lowest BCUT2D eigenvalue weighted by molar-refractivity contribution is -0.123. The summed E-state index contributed by atoms with van der Waals surface area (Å²) in [5.41, 5.74) is 0.825. The van der Waals surface area contributed by atoms with Crippen molar-refractivity contribution < 1.29 is 15.0 Å². The Kier molecular flexibility index (Phi) is 11.3. The molecule has 1 heterocycles. The number of amides is 1. The van der Waals surface area contributed by atoms with Crippen molar-refractivity contribution in [1.29, 1.82) is 0 Å². The third kappa shape index (κ3) is 9.28. The van der Waals surface area contributed by atoms with Crippen LogP contribution in [0.15, 0.2) is 30.3 Å². The van der Waals surface area contributed by atoms with Gasteiger partial charge in [-0.05, 0) is 24.8 Å². The molecule has 0 spiro atoms. The number of benzene rings is 1. The second kappa shape index (κ2) is 13.7. The van der Waals surface area contributed by atoms with Crippen LogP contribution in [0.4, 0.5) is 0 Å². The minimum atomic E-state index is -0.735. The zero-order valence-corrected chi connectivity index (χ0v) is 18.1. The maximum Gasteiger partial charge on any atom is 0.220 e. The van der Waals surface area contributed by atoms with Crippen molar-refractivity contribution >= 4 is 5.91 Å². The number of hydrogen-bond acceptors (Lipinski definition) is 4. The number of nitrogens with zero attached hydrogens (tertiary/aromatic N) is 1. The van der Waals surface area contributed by atoms with E-state index in [1.165, 1.54) is 32.1 Å². The lowest BCUT2D eigenvalue weighted by Gasteiger charge is -2.34. The fourth-order valence-electron chi connectivity index (χ4n) is 4.01. The van der Waals surface area contributed by atoms with E-state index in [4.69, 9.17) is 0 Å². The van der Waals surface area contributed by atoms with E-state index < -0.39 is 6.10 Å². The van der Waals surface area contributed by atoms with E-state index >= 15 is 0 Å². The zero-order valence-electron chi connectivity index (χ0n) is 18.1. The molecule has 0 saturated carbocycles. The highest BCUT2D eigenvalue weighted by Gasteiger charge is 2.27. The maximum atomic E-state index is 12.5. The van der Waals surface area contributed by atoms with Gasteiger partial charge in [-0.25, -0.2) is 0 Å². The number of carbonyl (C=O) groups is 1. The lowest BCUT2D eigenvalue weighted by atomic mass is 9.99. The van der Waals surface area contributed by atoms with E-state index in [0.29, 0.717) is 13.0 Å². The lowest BCUT2D eigenvalue weighted by Crippen LogP contribution is -2.49. The molecule has 2 rings (SSSR count). The quantitative estimate of drug-likeness (QED) is 0.437. The van der Waals surface area contributed by atoms with Gasteiger partial charge in [0.2, 0.25) is 5.91 Å². The molecule has 1 saturated heterocycles. The molecule has 29 heavy (non-hydrogen) atoms. The van der Waals surface area contributed by atoms with Crippen molar-refractivity contribution in [2.45, 2.75) is 89.4 Å². The SMILES string of the molecule is CCCCCCCCCC(=O)N[C@@H](CN1CCC(O)CC1)[C@H](O)c1ccccc1. The Morgan fingerprint density at radius 1 is 1.07 bits per heavy atom. The molecular weight excluding hydrogens is 364 g/mol. The third-order valence-corrected chi connectivity index (χ3v) is 5.89. The van der Waals surface area contributed by atoms with E-state index in [2.05, 4.69) is 17.1 Å². The van der Waals surface area contributed by atoms with Gasteiger partial charge in [0.25, 0.3) is 0 Å². The molecule has 1 aliphatic rings. The number of unbranched alkanes of at least 4 members (excludes halogenated alkanes) is 6. The molecule has 0 aromatic heterocycles. The molecule has 2 atom stereocenters. The van der Waals surface area contributed by atoms with Crippen LogP contribution in [0.5, 0.6) is 0 Å². The van der Waals surface area contributed by atoms with Crippen molar-refractivity contribution in [3.8, 4) is 0 Å². The summed E-state index contributed by atoms with van der Waals surface area (Å²) in [5, 5.41) is 23.7. The van der Waals surface area contributed by atoms with Gasteiger partial charge in [0.05, 0.1) is 12.1 Å². The molecule has 5 nitrogen and oxygen atoms in total. The maximum absolute atomic E-state index is 12.5. The minimum Gasteiger partial charge on any atom is -0.393 e. The summed E-state index contributed by atoms with van der Waals surface area (Å²) in [6.45, 7) is 4.42. The summed E-state index contributed by atoms with van der Waals surface area (Å²) in [5.74, 6) is 0.0237. The summed E-state index contributed by atoms with van der Waals surface area (Å²) >= 11 is 0. The topological polar surface area (TPSA) is 72.8 Å². The fraction of sp³-hybridized carbons (Fsp3) is 0.708. The van der Waals surface area contributed by atoms with Crippen LogP contribution < -0.4 is 5.32 Å². The zero-order chi connectivity index (χ0) is 20.9. The molecule has 0 unspecified atom stereocenters. The Labute approximate surface area is 176 Å². The molecule has 1 aromatic carbocycles. The second-order valence-electron chi connectivity index (χ2n) is 8.43. The van der Waals surface area contributed by atoms with Crippen LogP contribution >= 0.6 is 0 Å². The highest BCUT2D eigenvalue weighted by atomic mass is 16.3. The van der Waals surface area contributed by atoms with Crippen LogP contribution in [-0.2, 0) is 4.79 Å². The van der Waals surface area contributed by atoms with Crippen molar-refractivity contribution in [3.63, 3.8) is 0 Å². The molecule has 0 radical (unpaired) electrons. The number of piperidine rings is 1.